The van der Waals surface area contributed by atoms with E-state index < -0.39 is 5.97 Å². The van der Waals surface area contributed by atoms with Crippen molar-refractivity contribution < 1.29 is 9.90 Å². The van der Waals surface area contributed by atoms with Gasteiger partial charge in [-0.2, -0.15) is 4.37 Å². The molecule has 6 heteroatoms. The molecular formula is C11H16N2O2S2. The van der Waals surface area contributed by atoms with E-state index in [2.05, 4.69) is 16.3 Å². The third-order valence-electron chi connectivity index (χ3n) is 3.13. The van der Waals surface area contributed by atoms with E-state index in [0.717, 1.165) is 29.4 Å². The molecule has 0 radical (unpaired) electrons. The number of carboxylic acid groups (broad SMARTS) is 1. The number of aliphatic carboxylic acids is 1. The van der Waals surface area contributed by atoms with Gasteiger partial charge in [-0.3, -0.25) is 4.79 Å². The molecule has 1 aromatic rings. The van der Waals surface area contributed by atoms with Gasteiger partial charge in [0.15, 0.2) is 4.34 Å². The summed E-state index contributed by atoms with van der Waals surface area (Å²) >= 11 is 2.96. The van der Waals surface area contributed by atoms with Gasteiger partial charge in [-0.05, 0) is 43.6 Å². The Balaban J connectivity index is 2.07. The zero-order chi connectivity index (χ0) is 12.4. The number of aryl methyl sites for hydroxylation is 1. The lowest BCUT2D eigenvalue weighted by Gasteiger charge is -2.31. The Morgan fingerprint density at radius 2 is 2.29 bits per heavy atom. The number of thioether (sulfide) groups is 1. The van der Waals surface area contributed by atoms with Crippen molar-refractivity contribution in [1.29, 1.82) is 0 Å². The van der Waals surface area contributed by atoms with E-state index >= 15 is 0 Å². The number of carbonyl (C=O) groups is 1. The fourth-order valence-corrected chi connectivity index (χ4v) is 4.56. The predicted molar refractivity (Wildman–Crippen MR) is 68.4 cm³/mol. The number of hydrogen-bond donors (Lipinski definition) is 1. The first-order valence-corrected chi connectivity index (χ1v) is 7.41. The second-order valence-electron chi connectivity index (χ2n) is 4.63. The first-order valence-electron chi connectivity index (χ1n) is 5.76. The van der Waals surface area contributed by atoms with Crippen molar-refractivity contribution in [3.63, 3.8) is 0 Å². The minimum Gasteiger partial charge on any atom is -0.481 e. The van der Waals surface area contributed by atoms with Crippen molar-refractivity contribution in [2.24, 2.45) is 11.8 Å². The van der Waals surface area contributed by atoms with Gasteiger partial charge >= 0.3 is 5.97 Å². The van der Waals surface area contributed by atoms with E-state index in [0.29, 0.717) is 5.92 Å². The molecule has 0 amide bonds. The molecule has 0 aromatic carbocycles. The maximum atomic E-state index is 11.2. The zero-order valence-electron chi connectivity index (χ0n) is 9.92. The van der Waals surface area contributed by atoms with Crippen molar-refractivity contribution in [2.75, 3.05) is 0 Å². The fourth-order valence-electron chi connectivity index (χ4n) is 2.20. The maximum Gasteiger partial charge on any atom is 0.307 e. The van der Waals surface area contributed by atoms with E-state index in [1.165, 1.54) is 11.5 Å². The summed E-state index contributed by atoms with van der Waals surface area (Å²) in [5, 5.41) is 9.37. The molecule has 0 bridgehead atoms. The van der Waals surface area contributed by atoms with Crippen LogP contribution in [-0.4, -0.2) is 25.7 Å². The van der Waals surface area contributed by atoms with Crippen LogP contribution in [0.1, 0.15) is 32.0 Å². The molecule has 94 valence electrons. The second-order valence-corrected chi connectivity index (χ2v) is 6.86. The fraction of sp³-hybridized carbons (Fsp3) is 0.727. The standard InChI is InChI=1S/C11H16N2O2S2/c1-6-3-4-8(10(14)15)9(5-6)16-11-12-7(2)13-17-11/h6,8-9H,3-5H2,1-2H3,(H,14,15). The topological polar surface area (TPSA) is 63.1 Å². The van der Waals surface area contributed by atoms with Gasteiger partial charge in [0.1, 0.15) is 5.82 Å². The smallest absolute Gasteiger partial charge is 0.307 e. The van der Waals surface area contributed by atoms with Crippen LogP contribution in [0.4, 0.5) is 0 Å². The summed E-state index contributed by atoms with van der Waals surface area (Å²) in [5.41, 5.74) is 0. The molecule has 1 saturated carbocycles. The van der Waals surface area contributed by atoms with Crippen molar-refractivity contribution >= 4 is 29.3 Å². The van der Waals surface area contributed by atoms with Crippen molar-refractivity contribution in [3.8, 4) is 0 Å². The number of rotatable bonds is 3. The minimum absolute atomic E-state index is 0.142. The third kappa shape index (κ3) is 3.19. The minimum atomic E-state index is -0.671. The van der Waals surface area contributed by atoms with Crippen LogP contribution in [0.3, 0.4) is 0 Å². The largest absolute Gasteiger partial charge is 0.481 e. The van der Waals surface area contributed by atoms with Gasteiger partial charge in [-0.25, -0.2) is 4.98 Å². The van der Waals surface area contributed by atoms with Gasteiger partial charge in [0.05, 0.1) is 5.92 Å². The van der Waals surface area contributed by atoms with Crippen molar-refractivity contribution in [1.82, 2.24) is 9.36 Å². The van der Waals surface area contributed by atoms with Crippen molar-refractivity contribution in [3.05, 3.63) is 5.82 Å². The maximum absolute atomic E-state index is 11.2. The Kier molecular flexibility index (Phi) is 4.04. The molecule has 17 heavy (non-hydrogen) atoms. The lowest BCUT2D eigenvalue weighted by atomic mass is 9.82. The molecule has 3 atom stereocenters. The summed E-state index contributed by atoms with van der Waals surface area (Å²) in [6.07, 6.45) is 2.76. The van der Waals surface area contributed by atoms with Gasteiger partial charge in [0, 0.05) is 5.25 Å². The van der Waals surface area contributed by atoms with E-state index in [1.54, 1.807) is 11.8 Å². The molecule has 4 nitrogen and oxygen atoms in total. The second kappa shape index (κ2) is 5.35. The van der Waals surface area contributed by atoms with E-state index in [-0.39, 0.29) is 11.2 Å². The molecule has 1 heterocycles. The van der Waals surface area contributed by atoms with E-state index in [4.69, 9.17) is 0 Å². The third-order valence-corrected chi connectivity index (χ3v) is 5.36. The lowest BCUT2D eigenvalue weighted by Crippen LogP contribution is -2.31. The molecule has 1 aliphatic rings. The van der Waals surface area contributed by atoms with Gasteiger partial charge < -0.3 is 5.11 Å². The van der Waals surface area contributed by atoms with Crippen LogP contribution in [0.15, 0.2) is 4.34 Å². The Bertz CT molecular complexity index is 408. The van der Waals surface area contributed by atoms with E-state index in [9.17, 15) is 9.90 Å². The van der Waals surface area contributed by atoms with Crippen LogP contribution >= 0.6 is 23.3 Å². The first-order chi connectivity index (χ1) is 8.06. The Labute approximate surface area is 109 Å². The molecular weight excluding hydrogens is 256 g/mol. The molecule has 1 aliphatic carbocycles. The Morgan fingerprint density at radius 3 is 2.88 bits per heavy atom. The molecule has 3 unspecified atom stereocenters. The van der Waals surface area contributed by atoms with Crippen LogP contribution < -0.4 is 0 Å². The molecule has 1 fully saturated rings. The monoisotopic (exact) mass is 272 g/mol. The highest BCUT2D eigenvalue weighted by atomic mass is 32.2. The molecule has 0 spiro atoms. The summed E-state index contributed by atoms with van der Waals surface area (Å²) in [7, 11) is 0. The zero-order valence-corrected chi connectivity index (χ0v) is 11.6. The summed E-state index contributed by atoms with van der Waals surface area (Å²) in [4.78, 5) is 15.5. The van der Waals surface area contributed by atoms with Gasteiger partial charge in [-0.15, -0.1) is 0 Å². The molecule has 0 aliphatic heterocycles. The molecule has 1 aromatic heterocycles. The van der Waals surface area contributed by atoms with Crippen LogP contribution in [0.2, 0.25) is 0 Å². The first kappa shape index (κ1) is 12.8. The average Bonchev–Trinajstić information content (AvgIpc) is 2.63. The molecule has 2 rings (SSSR count). The van der Waals surface area contributed by atoms with Crippen LogP contribution in [0.25, 0.3) is 0 Å². The summed E-state index contributed by atoms with van der Waals surface area (Å²) in [5.74, 6) is 0.474. The molecule has 0 saturated heterocycles. The number of nitrogens with zero attached hydrogens (tertiary/aromatic N) is 2. The van der Waals surface area contributed by atoms with Crippen LogP contribution in [-0.2, 0) is 4.79 Å². The normalized spacial score (nSPS) is 29.2. The predicted octanol–water partition coefficient (Wildman–Crippen LogP) is 2.83. The summed E-state index contributed by atoms with van der Waals surface area (Å²) < 4.78 is 5.03. The summed E-state index contributed by atoms with van der Waals surface area (Å²) in [6.45, 7) is 4.05. The number of carboxylic acids is 1. The van der Waals surface area contributed by atoms with E-state index in [1.807, 2.05) is 6.92 Å². The molecule has 1 N–H and O–H groups in total. The average molecular weight is 272 g/mol. The van der Waals surface area contributed by atoms with Crippen LogP contribution in [0.5, 0.6) is 0 Å². The van der Waals surface area contributed by atoms with Gasteiger partial charge in [-0.1, -0.05) is 18.7 Å². The highest BCUT2D eigenvalue weighted by Crippen LogP contribution is 2.40. The van der Waals surface area contributed by atoms with Crippen molar-refractivity contribution in [2.45, 2.75) is 42.7 Å². The highest BCUT2D eigenvalue weighted by Gasteiger charge is 2.34. The Hall–Kier alpha value is -0.620. The van der Waals surface area contributed by atoms with Gasteiger partial charge in [0.25, 0.3) is 0 Å². The van der Waals surface area contributed by atoms with Gasteiger partial charge in [0.2, 0.25) is 0 Å². The highest BCUT2D eigenvalue weighted by molar-refractivity contribution is 8.01. The van der Waals surface area contributed by atoms with Crippen LogP contribution in [0, 0.1) is 18.8 Å². The lowest BCUT2D eigenvalue weighted by molar-refractivity contribution is -0.142. The number of hydrogen-bond acceptors (Lipinski definition) is 5. The summed E-state index contributed by atoms with van der Waals surface area (Å²) in [6, 6.07) is 0. The SMILES string of the molecule is Cc1nsc(SC2CC(C)CCC2C(=O)O)n1. The quantitative estimate of drug-likeness (QED) is 0.916. The Morgan fingerprint density at radius 1 is 1.53 bits per heavy atom. The number of aromatic nitrogens is 2.